The van der Waals surface area contributed by atoms with E-state index in [2.05, 4.69) is 5.32 Å². The van der Waals surface area contributed by atoms with Crippen LogP contribution in [0.15, 0.2) is 40.6 Å². The molecule has 2 rings (SSSR count). The van der Waals surface area contributed by atoms with Crippen molar-refractivity contribution in [1.82, 2.24) is 0 Å². The Hall–Kier alpha value is -2.90. The molecule has 1 N–H and O–H groups in total. The molecule has 1 amide bonds. The van der Waals surface area contributed by atoms with Crippen LogP contribution < -0.4 is 5.32 Å². The van der Waals surface area contributed by atoms with Gasteiger partial charge >= 0.3 is 5.97 Å². The predicted octanol–water partition coefficient (Wildman–Crippen LogP) is 3.58. The van der Waals surface area contributed by atoms with E-state index in [-0.39, 0.29) is 5.69 Å². The molecule has 1 aromatic heterocycles. The van der Waals surface area contributed by atoms with Gasteiger partial charge in [0.1, 0.15) is 16.3 Å². The zero-order valence-corrected chi connectivity index (χ0v) is 16.0. The molecular weight excluding hydrogens is 390 g/mol. The van der Waals surface area contributed by atoms with E-state index in [1.54, 1.807) is 30.5 Å². The molecule has 0 saturated heterocycles. The Morgan fingerprint density at radius 3 is 2.56 bits per heavy atom. The van der Waals surface area contributed by atoms with Gasteiger partial charge in [-0.2, -0.15) is 5.26 Å². The van der Waals surface area contributed by atoms with Crippen molar-refractivity contribution in [3.05, 3.63) is 51.4 Å². The SMILES string of the molecule is C[C@H](Sc1ccc([N+](=O)[O-])cc1)C(=O)O[C@H](C)C(=O)Nc1sccc1C#N. The molecule has 1 heterocycles. The number of nitrogens with one attached hydrogen (secondary N) is 1. The van der Waals surface area contributed by atoms with Gasteiger partial charge in [-0.25, -0.2) is 0 Å². The van der Waals surface area contributed by atoms with Gasteiger partial charge in [-0.1, -0.05) is 0 Å². The maximum atomic E-state index is 12.2. The Kier molecular flexibility index (Phi) is 6.92. The van der Waals surface area contributed by atoms with Gasteiger partial charge in [0.05, 0.1) is 10.5 Å². The number of benzene rings is 1. The first kappa shape index (κ1) is 20.4. The van der Waals surface area contributed by atoms with E-state index in [0.29, 0.717) is 15.5 Å². The minimum atomic E-state index is -1.04. The van der Waals surface area contributed by atoms with Crippen molar-refractivity contribution in [1.29, 1.82) is 5.26 Å². The first-order valence-electron chi connectivity index (χ1n) is 7.72. The summed E-state index contributed by atoms with van der Waals surface area (Å²) in [5, 5.41) is 23.6. The van der Waals surface area contributed by atoms with Crippen LogP contribution in [0.25, 0.3) is 0 Å². The summed E-state index contributed by atoms with van der Waals surface area (Å²) in [4.78, 5) is 35.1. The average molecular weight is 405 g/mol. The topological polar surface area (TPSA) is 122 Å². The molecule has 27 heavy (non-hydrogen) atoms. The molecule has 0 radical (unpaired) electrons. The Balaban J connectivity index is 1.90. The van der Waals surface area contributed by atoms with Crippen molar-refractivity contribution in [2.45, 2.75) is 30.1 Å². The highest BCUT2D eigenvalue weighted by atomic mass is 32.2. The Morgan fingerprint density at radius 2 is 1.96 bits per heavy atom. The van der Waals surface area contributed by atoms with E-state index >= 15 is 0 Å². The minimum Gasteiger partial charge on any atom is -0.452 e. The molecule has 0 fully saturated rings. The number of esters is 1. The van der Waals surface area contributed by atoms with Crippen molar-refractivity contribution in [3.8, 4) is 6.07 Å². The molecule has 0 aliphatic rings. The van der Waals surface area contributed by atoms with Crippen molar-refractivity contribution >= 4 is 45.7 Å². The lowest BCUT2D eigenvalue weighted by atomic mass is 10.3. The van der Waals surface area contributed by atoms with E-state index in [0.717, 1.165) is 0 Å². The number of nitrogens with zero attached hydrogens (tertiary/aromatic N) is 2. The second-order valence-corrected chi connectivity index (χ2v) is 7.68. The van der Waals surface area contributed by atoms with Gasteiger partial charge in [0.2, 0.25) is 0 Å². The number of hydrogen-bond acceptors (Lipinski definition) is 8. The smallest absolute Gasteiger partial charge is 0.319 e. The first-order chi connectivity index (χ1) is 12.8. The minimum absolute atomic E-state index is 0.0369. The zero-order chi connectivity index (χ0) is 20.0. The van der Waals surface area contributed by atoms with Gasteiger partial charge in [0.25, 0.3) is 11.6 Å². The number of nitro benzene ring substituents is 1. The van der Waals surface area contributed by atoms with E-state index in [9.17, 15) is 19.7 Å². The molecule has 0 spiro atoms. The van der Waals surface area contributed by atoms with E-state index < -0.39 is 28.2 Å². The molecule has 0 unspecified atom stereocenters. The summed E-state index contributed by atoms with van der Waals surface area (Å²) in [5.74, 6) is -1.12. The normalized spacial score (nSPS) is 12.5. The van der Waals surface area contributed by atoms with Crippen LogP contribution in [-0.4, -0.2) is 28.2 Å². The predicted molar refractivity (Wildman–Crippen MR) is 102 cm³/mol. The largest absolute Gasteiger partial charge is 0.452 e. The number of carbonyl (C=O) groups excluding carboxylic acids is 2. The molecule has 140 valence electrons. The fraction of sp³-hybridized carbons (Fsp3) is 0.235. The quantitative estimate of drug-likeness (QED) is 0.323. The molecule has 0 bridgehead atoms. The Morgan fingerprint density at radius 1 is 1.30 bits per heavy atom. The highest BCUT2D eigenvalue weighted by Gasteiger charge is 2.23. The lowest BCUT2D eigenvalue weighted by molar-refractivity contribution is -0.384. The summed E-state index contributed by atoms with van der Waals surface area (Å²) < 4.78 is 5.17. The van der Waals surface area contributed by atoms with Crippen LogP contribution >= 0.6 is 23.1 Å². The van der Waals surface area contributed by atoms with Gasteiger partial charge in [-0.05, 0) is 37.4 Å². The lowest BCUT2D eigenvalue weighted by Crippen LogP contribution is -2.32. The third kappa shape index (κ3) is 5.54. The number of amides is 1. The van der Waals surface area contributed by atoms with Crippen LogP contribution in [0.4, 0.5) is 10.7 Å². The molecular formula is C17H15N3O5S2. The summed E-state index contributed by atoms with van der Waals surface area (Å²) >= 11 is 2.37. The first-order valence-corrected chi connectivity index (χ1v) is 9.47. The molecule has 0 aliphatic carbocycles. The summed E-state index contributed by atoms with van der Waals surface area (Å²) in [5.41, 5.74) is 0.305. The van der Waals surface area contributed by atoms with Gasteiger partial charge in [0.15, 0.2) is 6.10 Å². The van der Waals surface area contributed by atoms with Crippen LogP contribution in [0, 0.1) is 21.4 Å². The maximum absolute atomic E-state index is 12.2. The number of ether oxygens (including phenoxy) is 1. The third-order valence-electron chi connectivity index (χ3n) is 3.38. The fourth-order valence-electron chi connectivity index (χ4n) is 1.93. The maximum Gasteiger partial charge on any atom is 0.319 e. The van der Waals surface area contributed by atoms with Crippen molar-refractivity contribution < 1.29 is 19.2 Å². The molecule has 2 aromatic rings. The standard InChI is InChI=1S/C17H15N3O5S2/c1-10(15(21)19-16-12(9-18)7-8-26-16)25-17(22)11(2)27-14-5-3-13(4-6-14)20(23)24/h3-8,10-11H,1-2H3,(H,19,21)/t10-,11+/m1/s1. The van der Waals surface area contributed by atoms with Crippen molar-refractivity contribution in [2.24, 2.45) is 0 Å². The van der Waals surface area contributed by atoms with E-state index in [4.69, 9.17) is 10.00 Å². The summed E-state index contributed by atoms with van der Waals surface area (Å²) in [6.45, 7) is 3.06. The van der Waals surface area contributed by atoms with Crippen LogP contribution in [0.1, 0.15) is 19.4 Å². The number of thioether (sulfide) groups is 1. The van der Waals surface area contributed by atoms with E-state index in [1.807, 2.05) is 6.07 Å². The molecule has 10 heteroatoms. The number of thiophene rings is 1. The van der Waals surface area contributed by atoms with Gasteiger partial charge < -0.3 is 10.1 Å². The second kappa shape index (κ2) is 9.16. The number of nitro groups is 1. The molecule has 1 aromatic carbocycles. The van der Waals surface area contributed by atoms with Crippen LogP contribution in [0.2, 0.25) is 0 Å². The Bertz CT molecular complexity index is 889. The summed E-state index contributed by atoms with van der Waals surface area (Å²) in [7, 11) is 0. The van der Waals surface area contributed by atoms with Gasteiger partial charge in [-0.15, -0.1) is 23.1 Å². The average Bonchev–Trinajstić information content (AvgIpc) is 3.09. The number of carbonyl (C=O) groups is 2. The third-order valence-corrected chi connectivity index (χ3v) is 5.30. The number of anilines is 1. The lowest BCUT2D eigenvalue weighted by Gasteiger charge is -2.16. The molecule has 8 nitrogen and oxygen atoms in total. The summed E-state index contributed by atoms with van der Waals surface area (Å²) in [6.07, 6.45) is -1.04. The van der Waals surface area contributed by atoms with E-state index in [1.165, 1.54) is 42.2 Å². The molecule has 0 saturated carbocycles. The summed E-state index contributed by atoms with van der Waals surface area (Å²) in [6, 6.07) is 9.33. The van der Waals surface area contributed by atoms with Crippen LogP contribution in [0.3, 0.4) is 0 Å². The number of non-ortho nitro benzene ring substituents is 1. The zero-order valence-electron chi connectivity index (χ0n) is 14.4. The number of rotatable bonds is 7. The van der Waals surface area contributed by atoms with Crippen LogP contribution in [-0.2, 0) is 14.3 Å². The van der Waals surface area contributed by atoms with Gasteiger partial charge in [-0.3, -0.25) is 19.7 Å². The van der Waals surface area contributed by atoms with Crippen molar-refractivity contribution in [2.75, 3.05) is 5.32 Å². The highest BCUT2D eigenvalue weighted by Crippen LogP contribution is 2.26. The second-order valence-electron chi connectivity index (χ2n) is 5.35. The number of hydrogen-bond donors (Lipinski definition) is 1. The van der Waals surface area contributed by atoms with Crippen molar-refractivity contribution in [3.63, 3.8) is 0 Å². The van der Waals surface area contributed by atoms with Crippen LogP contribution in [0.5, 0.6) is 0 Å². The highest BCUT2D eigenvalue weighted by molar-refractivity contribution is 8.00. The Labute approximate surface area is 163 Å². The van der Waals surface area contributed by atoms with Gasteiger partial charge in [0, 0.05) is 17.0 Å². The monoisotopic (exact) mass is 405 g/mol. The fourth-order valence-corrected chi connectivity index (χ4v) is 3.52. The number of nitriles is 1. The molecule has 0 aliphatic heterocycles. The molecule has 2 atom stereocenters.